The molecule has 0 aliphatic heterocycles. The van der Waals surface area contributed by atoms with Crippen molar-refractivity contribution in [1.29, 1.82) is 0 Å². The molecule has 1 N–H and O–H groups in total. The monoisotopic (exact) mass is 251 g/mol. The SMILES string of the molecule is C=CCCCCN(C)C(=O)C1CC=CC1C(=O)O. The van der Waals surface area contributed by atoms with E-state index >= 15 is 0 Å². The van der Waals surface area contributed by atoms with Crippen LogP contribution in [0.15, 0.2) is 24.8 Å². The summed E-state index contributed by atoms with van der Waals surface area (Å²) in [4.78, 5) is 24.8. The summed E-state index contributed by atoms with van der Waals surface area (Å²) < 4.78 is 0. The van der Waals surface area contributed by atoms with Crippen LogP contribution in [-0.4, -0.2) is 35.5 Å². The zero-order valence-electron chi connectivity index (χ0n) is 10.8. The van der Waals surface area contributed by atoms with E-state index < -0.39 is 17.8 Å². The number of carboxylic acid groups (broad SMARTS) is 1. The lowest BCUT2D eigenvalue weighted by Gasteiger charge is -2.23. The fourth-order valence-electron chi connectivity index (χ4n) is 2.19. The minimum absolute atomic E-state index is 0.0639. The van der Waals surface area contributed by atoms with Crippen LogP contribution in [0.1, 0.15) is 25.7 Å². The minimum Gasteiger partial charge on any atom is -0.481 e. The Labute approximate surface area is 108 Å². The van der Waals surface area contributed by atoms with Gasteiger partial charge in [0.25, 0.3) is 0 Å². The second kappa shape index (κ2) is 6.99. The topological polar surface area (TPSA) is 57.6 Å². The van der Waals surface area contributed by atoms with Crippen LogP contribution in [0.25, 0.3) is 0 Å². The second-order valence-corrected chi connectivity index (χ2v) is 4.68. The number of allylic oxidation sites excluding steroid dienone is 2. The predicted octanol–water partition coefficient (Wildman–Crippen LogP) is 2.08. The lowest BCUT2D eigenvalue weighted by Crippen LogP contribution is -2.37. The third-order valence-corrected chi connectivity index (χ3v) is 3.30. The molecule has 0 saturated heterocycles. The summed E-state index contributed by atoms with van der Waals surface area (Å²) in [7, 11) is 1.74. The Hall–Kier alpha value is -1.58. The fraction of sp³-hybridized carbons (Fsp3) is 0.571. The Morgan fingerprint density at radius 1 is 1.50 bits per heavy atom. The molecule has 0 fully saturated rings. The van der Waals surface area contributed by atoms with E-state index in [1.165, 1.54) is 0 Å². The van der Waals surface area contributed by atoms with E-state index in [2.05, 4.69) is 6.58 Å². The van der Waals surface area contributed by atoms with Crippen LogP contribution in [0.2, 0.25) is 0 Å². The lowest BCUT2D eigenvalue weighted by molar-refractivity contribution is -0.147. The molecule has 0 aromatic heterocycles. The molecular formula is C14H21NO3. The van der Waals surface area contributed by atoms with E-state index in [4.69, 9.17) is 5.11 Å². The molecule has 2 atom stereocenters. The maximum absolute atomic E-state index is 12.1. The Bertz CT molecular complexity index is 349. The molecular weight excluding hydrogens is 230 g/mol. The van der Waals surface area contributed by atoms with Crippen molar-refractivity contribution in [3.8, 4) is 0 Å². The molecule has 1 rings (SSSR count). The molecule has 0 aromatic carbocycles. The molecule has 2 unspecified atom stereocenters. The molecule has 1 amide bonds. The van der Waals surface area contributed by atoms with Crippen molar-refractivity contribution in [1.82, 2.24) is 4.90 Å². The van der Waals surface area contributed by atoms with Gasteiger partial charge in [-0.25, -0.2) is 0 Å². The van der Waals surface area contributed by atoms with Crippen LogP contribution in [0.3, 0.4) is 0 Å². The van der Waals surface area contributed by atoms with Crippen molar-refractivity contribution in [2.45, 2.75) is 25.7 Å². The Balaban J connectivity index is 2.43. The number of rotatable bonds is 7. The number of unbranched alkanes of at least 4 members (excludes halogenated alkanes) is 2. The molecule has 1 aliphatic rings. The predicted molar refractivity (Wildman–Crippen MR) is 70.1 cm³/mol. The highest BCUT2D eigenvalue weighted by atomic mass is 16.4. The Kier molecular flexibility index (Phi) is 5.62. The van der Waals surface area contributed by atoms with E-state index in [1.807, 2.05) is 6.08 Å². The van der Waals surface area contributed by atoms with Crippen LogP contribution in [0.5, 0.6) is 0 Å². The van der Waals surface area contributed by atoms with Crippen molar-refractivity contribution >= 4 is 11.9 Å². The molecule has 0 heterocycles. The molecule has 4 nitrogen and oxygen atoms in total. The van der Waals surface area contributed by atoms with Gasteiger partial charge in [-0.2, -0.15) is 0 Å². The van der Waals surface area contributed by atoms with Crippen molar-refractivity contribution in [2.24, 2.45) is 11.8 Å². The maximum Gasteiger partial charge on any atom is 0.311 e. The van der Waals surface area contributed by atoms with Gasteiger partial charge < -0.3 is 10.0 Å². The summed E-state index contributed by atoms with van der Waals surface area (Å²) in [6, 6.07) is 0. The van der Waals surface area contributed by atoms with Gasteiger partial charge in [0.05, 0.1) is 11.8 Å². The molecule has 100 valence electrons. The molecule has 0 saturated carbocycles. The number of carbonyl (C=O) groups excluding carboxylic acids is 1. The highest BCUT2D eigenvalue weighted by molar-refractivity contribution is 5.86. The van der Waals surface area contributed by atoms with Gasteiger partial charge in [0, 0.05) is 13.6 Å². The van der Waals surface area contributed by atoms with Crippen LogP contribution in [-0.2, 0) is 9.59 Å². The van der Waals surface area contributed by atoms with Crippen molar-refractivity contribution in [3.05, 3.63) is 24.8 Å². The molecule has 4 heteroatoms. The average Bonchev–Trinajstić information content (AvgIpc) is 2.82. The van der Waals surface area contributed by atoms with Gasteiger partial charge in [0.2, 0.25) is 5.91 Å². The maximum atomic E-state index is 12.1. The van der Waals surface area contributed by atoms with E-state index in [9.17, 15) is 9.59 Å². The molecule has 0 bridgehead atoms. The smallest absolute Gasteiger partial charge is 0.311 e. The summed E-state index contributed by atoms with van der Waals surface area (Å²) in [6.07, 6.45) is 8.68. The van der Waals surface area contributed by atoms with E-state index in [0.29, 0.717) is 13.0 Å². The summed E-state index contributed by atoms with van der Waals surface area (Å²) in [5.74, 6) is -2.06. The molecule has 1 aliphatic carbocycles. The molecule has 0 radical (unpaired) electrons. The molecule has 18 heavy (non-hydrogen) atoms. The van der Waals surface area contributed by atoms with Gasteiger partial charge in [-0.1, -0.05) is 18.2 Å². The van der Waals surface area contributed by atoms with Gasteiger partial charge in [0.15, 0.2) is 0 Å². The summed E-state index contributed by atoms with van der Waals surface area (Å²) in [5.41, 5.74) is 0. The van der Waals surface area contributed by atoms with E-state index in [0.717, 1.165) is 19.3 Å². The zero-order chi connectivity index (χ0) is 13.5. The first-order valence-corrected chi connectivity index (χ1v) is 6.33. The number of aliphatic carboxylic acids is 1. The molecule has 0 spiro atoms. The summed E-state index contributed by atoms with van der Waals surface area (Å²) >= 11 is 0. The first kappa shape index (κ1) is 14.5. The van der Waals surface area contributed by atoms with Gasteiger partial charge in [-0.15, -0.1) is 6.58 Å². The Morgan fingerprint density at radius 2 is 2.22 bits per heavy atom. The lowest BCUT2D eigenvalue weighted by atomic mass is 9.94. The van der Waals surface area contributed by atoms with Crippen LogP contribution >= 0.6 is 0 Å². The largest absolute Gasteiger partial charge is 0.481 e. The van der Waals surface area contributed by atoms with Crippen LogP contribution < -0.4 is 0 Å². The quantitative estimate of drug-likeness (QED) is 0.556. The van der Waals surface area contributed by atoms with Gasteiger partial charge in [0.1, 0.15) is 0 Å². The number of carbonyl (C=O) groups is 2. The van der Waals surface area contributed by atoms with E-state index in [-0.39, 0.29) is 5.91 Å². The first-order chi connectivity index (χ1) is 8.57. The van der Waals surface area contributed by atoms with Crippen molar-refractivity contribution in [3.63, 3.8) is 0 Å². The zero-order valence-corrected chi connectivity index (χ0v) is 10.8. The third kappa shape index (κ3) is 3.72. The standard InChI is InChI=1S/C14H21NO3/c1-3-4-5-6-10-15(2)13(16)11-8-7-9-12(11)14(17)18/h3,7,9,11-12H,1,4-6,8,10H2,2H3,(H,17,18). The van der Waals surface area contributed by atoms with Crippen LogP contribution in [0.4, 0.5) is 0 Å². The Morgan fingerprint density at radius 3 is 2.83 bits per heavy atom. The highest BCUT2D eigenvalue weighted by Crippen LogP contribution is 2.27. The van der Waals surface area contributed by atoms with Crippen molar-refractivity contribution < 1.29 is 14.7 Å². The van der Waals surface area contributed by atoms with Gasteiger partial charge in [-0.05, 0) is 25.7 Å². The van der Waals surface area contributed by atoms with Crippen LogP contribution in [0, 0.1) is 11.8 Å². The second-order valence-electron chi connectivity index (χ2n) is 4.68. The minimum atomic E-state index is -0.915. The number of carboxylic acids is 1. The number of hydrogen-bond acceptors (Lipinski definition) is 2. The normalized spacial score (nSPS) is 21.8. The van der Waals surface area contributed by atoms with Gasteiger partial charge >= 0.3 is 5.97 Å². The third-order valence-electron chi connectivity index (χ3n) is 3.30. The molecule has 0 aromatic rings. The number of nitrogens with zero attached hydrogens (tertiary/aromatic N) is 1. The number of hydrogen-bond donors (Lipinski definition) is 1. The highest BCUT2D eigenvalue weighted by Gasteiger charge is 2.35. The summed E-state index contributed by atoms with van der Waals surface area (Å²) in [6.45, 7) is 4.33. The van der Waals surface area contributed by atoms with Crippen molar-refractivity contribution in [2.75, 3.05) is 13.6 Å². The van der Waals surface area contributed by atoms with E-state index in [1.54, 1.807) is 24.1 Å². The fourth-order valence-corrected chi connectivity index (χ4v) is 2.19. The average molecular weight is 251 g/mol. The first-order valence-electron chi connectivity index (χ1n) is 6.33. The summed E-state index contributed by atoms with van der Waals surface area (Å²) in [5, 5.41) is 9.03. The number of amides is 1. The van der Waals surface area contributed by atoms with Gasteiger partial charge in [-0.3, -0.25) is 9.59 Å².